The van der Waals surface area contributed by atoms with Gasteiger partial charge in [0.25, 0.3) is 0 Å². The largest absolute Gasteiger partial charge is 0.361 e. The first-order chi connectivity index (χ1) is 11.7. The lowest BCUT2D eigenvalue weighted by molar-refractivity contribution is -0.168. The van der Waals surface area contributed by atoms with Crippen LogP contribution in [0.1, 0.15) is 0 Å². The van der Waals surface area contributed by atoms with Gasteiger partial charge in [-0.1, -0.05) is 23.5 Å². The molecule has 2 aromatic rings. The molecule has 1 aromatic carbocycles. The molecule has 8 heteroatoms. The number of rotatable bonds is 3. The molecular formula is C16H14N4O3S. The number of urea groups is 1. The van der Waals surface area contributed by atoms with E-state index in [1.807, 2.05) is 35.4 Å². The van der Waals surface area contributed by atoms with Crippen molar-refractivity contribution in [2.24, 2.45) is 0 Å². The Morgan fingerprint density at radius 1 is 1.33 bits per heavy atom. The Hall–Kier alpha value is -2.87. The molecule has 0 atom stereocenters. The zero-order valence-electron chi connectivity index (χ0n) is 12.6. The summed E-state index contributed by atoms with van der Waals surface area (Å²) in [7, 11) is 0. The third-order valence-electron chi connectivity index (χ3n) is 3.71. The molecule has 122 valence electrons. The fourth-order valence-electron chi connectivity index (χ4n) is 2.50. The number of nitrogens with one attached hydrogen (secondary N) is 1. The number of hydrogen-bond donors (Lipinski definition) is 1. The van der Waals surface area contributed by atoms with Crippen LogP contribution in [-0.4, -0.2) is 41.7 Å². The van der Waals surface area contributed by atoms with Gasteiger partial charge in [-0.3, -0.25) is 0 Å². The van der Waals surface area contributed by atoms with Crippen molar-refractivity contribution in [3.05, 3.63) is 48.2 Å². The SMILES string of the molecule is O=C(ON1CCNC1=O)C1=CC=CN(c2nc3ccccc3s2)C1. The Balaban J connectivity index is 1.49. The molecule has 1 saturated heterocycles. The number of fused-ring (bicyclic) bond motifs is 1. The number of carbonyl (C=O) groups excluding carboxylic acids is 2. The van der Waals surface area contributed by atoms with Crippen molar-refractivity contribution in [2.45, 2.75) is 0 Å². The highest BCUT2D eigenvalue weighted by molar-refractivity contribution is 7.22. The number of aromatic nitrogens is 1. The smallest absolute Gasteiger partial charge is 0.334 e. The molecule has 24 heavy (non-hydrogen) atoms. The average Bonchev–Trinajstić information content (AvgIpc) is 3.21. The molecule has 3 heterocycles. The maximum Gasteiger partial charge on any atom is 0.361 e. The summed E-state index contributed by atoms with van der Waals surface area (Å²) in [6, 6.07) is 7.50. The fraction of sp³-hybridized carbons (Fsp3) is 0.188. The van der Waals surface area contributed by atoms with Crippen LogP contribution < -0.4 is 10.2 Å². The van der Waals surface area contributed by atoms with E-state index in [1.165, 1.54) is 0 Å². The lowest BCUT2D eigenvalue weighted by atomic mass is 10.2. The monoisotopic (exact) mass is 342 g/mol. The molecule has 2 aliphatic rings. The Morgan fingerprint density at radius 2 is 2.21 bits per heavy atom. The molecule has 4 rings (SSSR count). The van der Waals surface area contributed by atoms with Crippen molar-refractivity contribution in [3.63, 3.8) is 0 Å². The summed E-state index contributed by atoms with van der Waals surface area (Å²) >= 11 is 1.56. The minimum atomic E-state index is -0.525. The second-order valence-electron chi connectivity index (χ2n) is 5.34. The van der Waals surface area contributed by atoms with E-state index in [2.05, 4.69) is 10.3 Å². The minimum absolute atomic E-state index is 0.352. The first kappa shape index (κ1) is 14.7. The maximum absolute atomic E-state index is 12.3. The van der Waals surface area contributed by atoms with E-state index < -0.39 is 12.0 Å². The van der Waals surface area contributed by atoms with Gasteiger partial charge < -0.3 is 15.1 Å². The highest BCUT2D eigenvalue weighted by atomic mass is 32.1. The molecule has 0 spiro atoms. The molecule has 0 radical (unpaired) electrons. The summed E-state index contributed by atoms with van der Waals surface area (Å²) in [4.78, 5) is 35.3. The Kier molecular flexibility index (Phi) is 3.66. The summed E-state index contributed by atoms with van der Waals surface area (Å²) in [6.07, 6.45) is 5.34. The Morgan fingerprint density at radius 3 is 3.00 bits per heavy atom. The van der Waals surface area contributed by atoms with Gasteiger partial charge in [0.2, 0.25) is 0 Å². The van der Waals surface area contributed by atoms with Crippen LogP contribution in [0, 0.1) is 0 Å². The van der Waals surface area contributed by atoms with Gasteiger partial charge in [0.05, 0.1) is 28.9 Å². The van der Waals surface area contributed by atoms with Crippen molar-refractivity contribution >= 4 is 38.7 Å². The third-order valence-corrected chi connectivity index (χ3v) is 4.78. The van der Waals surface area contributed by atoms with Gasteiger partial charge in [-0.15, -0.1) is 0 Å². The van der Waals surface area contributed by atoms with E-state index in [9.17, 15) is 9.59 Å². The zero-order valence-corrected chi connectivity index (χ0v) is 13.5. The molecule has 2 aliphatic heterocycles. The van der Waals surface area contributed by atoms with Crippen LogP contribution in [0.2, 0.25) is 0 Å². The number of nitrogens with zero attached hydrogens (tertiary/aromatic N) is 3. The van der Waals surface area contributed by atoms with Crippen molar-refractivity contribution in [3.8, 4) is 0 Å². The van der Waals surface area contributed by atoms with E-state index >= 15 is 0 Å². The summed E-state index contributed by atoms with van der Waals surface area (Å²) in [5.41, 5.74) is 1.40. The molecule has 0 saturated carbocycles. The third kappa shape index (κ3) is 2.71. The topological polar surface area (TPSA) is 74.8 Å². The van der Waals surface area contributed by atoms with E-state index in [4.69, 9.17) is 4.84 Å². The lowest BCUT2D eigenvalue weighted by Gasteiger charge is -2.22. The quantitative estimate of drug-likeness (QED) is 0.924. The first-order valence-corrected chi connectivity index (χ1v) is 8.29. The predicted octanol–water partition coefficient (Wildman–Crippen LogP) is 2.04. The zero-order chi connectivity index (χ0) is 16.5. The van der Waals surface area contributed by atoms with Crippen LogP contribution in [-0.2, 0) is 9.63 Å². The number of para-hydroxylation sites is 1. The maximum atomic E-state index is 12.3. The Bertz CT molecular complexity index is 840. The molecule has 7 nitrogen and oxygen atoms in total. The lowest BCUT2D eigenvalue weighted by Crippen LogP contribution is -2.34. The second-order valence-corrected chi connectivity index (χ2v) is 6.35. The van der Waals surface area contributed by atoms with E-state index in [1.54, 1.807) is 23.5 Å². The number of anilines is 1. The van der Waals surface area contributed by atoms with Gasteiger partial charge in [0.15, 0.2) is 5.13 Å². The number of carbonyl (C=O) groups is 2. The molecular weight excluding hydrogens is 328 g/mol. The fourth-order valence-corrected chi connectivity index (χ4v) is 3.45. The van der Waals surface area contributed by atoms with Crippen LogP contribution >= 0.6 is 11.3 Å². The first-order valence-electron chi connectivity index (χ1n) is 7.48. The highest BCUT2D eigenvalue weighted by Gasteiger charge is 2.27. The van der Waals surface area contributed by atoms with Gasteiger partial charge in [-0.05, 0) is 24.3 Å². The Labute approximate surface area is 141 Å². The average molecular weight is 342 g/mol. The number of benzene rings is 1. The molecule has 0 aliphatic carbocycles. The number of thiazole rings is 1. The van der Waals surface area contributed by atoms with Crippen LogP contribution in [0.5, 0.6) is 0 Å². The standard InChI is InChI=1S/C16H14N4O3S/c21-14(23-20-9-7-17-15(20)22)11-4-3-8-19(10-11)16-18-12-5-1-2-6-13(12)24-16/h1-6,8H,7,9-10H2,(H,17,22). The van der Waals surface area contributed by atoms with Crippen LogP contribution in [0.4, 0.5) is 9.93 Å². The van der Waals surface area contributed by atoms with Crippen molar-refractivity contribution < 1.29 is 14.4 Å². The number of hydrogen-bond acceptors (Lipinski definition) is 6. The molecule has 0 bridgehead atoms. The summed E-state index contributed by atoms with van der Waals surface area (Å²) < 4.78 is 1.09. The van der Waals surface area contributed by atoms with Crippen molar-refractivity contribution in [2.75, 3.05) is 24.5 Å². The minimum Gasteiger partial charge on any atom is -0.334 e. The molecule has 1 aromatic heterocycles. The molecule has 0 unspecified atom stereocenters. The molecule has 1 N–H and O–H groups in total. The highest BCUT2D eigenvalue weighted by Crippen LogP contribution is 2.30. The molecule has 1 fully saturated rings. The number of allylic oxidation sites excluding steroid dienone is 2. The second kappa shape index (κ2) is 5.97. The summed E-state index contributed by atoms with van der Waals surface area (Å²) in [5, 5.41) is 4.44. The van der Waals surface area contributed by atoms with Crippen LogP contribution in [0.3, 0.4) is 0 Å². The number of hydroxylamine groups is 2. The van der Waals surface area contributed by atoms with E-state index in [-0.39, 0.29) is 0 Å². The van der Waals surface area contributed by atoms with Crippen LogP contribution in [0.15, 0.2) is 48.2 Å². The predicted molar refractivity (Wildman–Crippen MR) is 90.4 cm³/mol. The van der Waals surface area contributed by atoms with E-state index in [0.29, 0.717) is 25.2 Å². The normalized spacial score (nSPS) is 17.2. The van der Waals surface area contributed by atoms with Gasteiger partial charge in [0, 0.05) is 12.7 Å². The van der Waals surface area contributed by atoms with Gasteiger partial charge in [-0.25, -0.2) is 14.6 Å². The van der Waals surface area contributed by atoms with Gasteiger partial charge >= 0.3 is 12.0 Å². The van der Waals surface area contributed by atoms with Crippen molar-refractivity contribution in [1.82, 2.24) is 15.4 Å². The molecule has 2 amide bonds. The number of amides is 2. The van der Waals surface area contributed by atoms with E-state index in [0.717, 1.165) is 20.4 Å². The summed E-state index contributed by atoms with van der Waals surface area (Å²) in [5.74, 6) is -0.525. The summed E-state index contributed by atoms with van der Waals surface area (Å²) in [6.45, 7) is 1.18. The van der Waals surface area contributed by atoms with Gasteiger partial charge in [-0.2, -0.15) is 5.06 Å². The van der Waals surface area contributed by atoms with Crippen molar-refractivity contribution in [1.29, 1.82) is 0 Å². The van der Waals surface area contributed by atoms with Crippen LogP contribution in [0.25, 0.3) is 10.2 Å². The van der Waals surface area contributed by atoms with Gasteiger partial charge in [0.1, 0.15) is 0 Å².